The lowest BCUT2D eigenvalue weighted by Crippen LogP contribution is -2.32. The summed E-state index contributed by atoms with van der Waals surface area (Å²) in [5.74, 6) is -2.64. The van der Waals surface area contributed by atoms with Gasteiger partial charge in [0, 0.05) is 36.1 Å². The van der Waals surface area contributed by atoms with Crippen molar-refractivity contribution < 1.29 is 22.0 Å². The highest BCUT2D eigenvalue weighted by Gasteiger charge is 2.23. The van der Waals surface area contributed by atoms with Crippen molar-refractivity contribution in [2.75, 3.05) is 0 Å². The van der Waals surface area contributed by atoms with E-state index in [1.165, 1.54) is 53.5 Å². The smallest absolute Gasteiger partial charge is 0.269 e. The van der Waals surface area contributed by atoms with Gasteiger partial charge in [-0.1, -0.05) is 54.1 Å². The van der Waals surface area contributed by atoms with Crippen LogP contribution in [0.2, 0.25) is 5.02 Å². The molecule has 45 heavy (non-hydrogen) atoms. The topological polar surface area (TPSA) is 103 Å². The zero-order valence-corrected chi connectivity index (χ0v) is 24.9. The molecule has 3 heterocycles. The molecule has 0 aliphatic heterocycles. The van der Waals surface area contributed by atoms with Gasteiger partial charge in [-0.3, -0.25) is 9.59 Å². The Morgan fingerprint density at radius 1 is 0.889 bits per heavy atom. The van der Waals surface area contributed by atoms with Crippen molar-refractivity contribution in [1.82, 2.24) is 18.8 Å². The highest BCUT2D eigenvalue weighted by Crippen LogP contribution is 2.34. The summed E-state index contributed by atoms with van der Waals surface area (Å²) >= 11 is 6.25. The van der Waals surface area contributed by atoms with Crippen LogP contribution in [-0.2, 0) is 23.1 Å². The van der Waals surface area contributed by atoms with Crippen molar-refractivity contribution in [3.8, 4) is 11.1 Å². The van der Waals surface area contributed by atoms with E-state index in [1.54, 1.807) is 48.5 Å². The molecule has 0 saturated heterocycles. The summed E-state index contributed by atoms with van der Waals surface area (Å²) in [6.07, 6.45) is 4.33. The number of amides is 1. The van der Waals surface area contributed by atoms with Gasteiger partial charge in [-0.15, -0.1) is 0 Å². The normalized spacial score (nSPS) is 11.5. The number of nitrogens with zero attached hydrogens (tertiary/aromatic N) is 3. The van der Waals surface area contributed by atoms with Crippen LogP contribution in [0.1, 0.15) is 21.5 Å². The molecule has 1 N–H and O–H groups in total. The Balaban J connectivity index is 1.26. The van der Waals surface area contributed by atoms with Gasteiger partial charge in [-0.25, -0.2) is 26.2 Å². The predicted molar refractivity (Wildman–Crippen MR) is 167 cm³/mol. The fourth-order valence-corrected chi connectivity index (χ4v) is 6.47. The predicted octanol–water partition coefficient (Wildman–Crippen LogP) is 6.01. The van der Waals surface area contributed by atoms with Gasteiger partial charge in [-0.05, 0) is 65.2 Å². The molecule has 0 saturated carbocycles. The number of hydrogen-bond acceptors (Lipinski definition) is 5. The fraction of sp³-hybridized carbons (Fsp3) is 0.0606. The van der Waals surface area contributed by atoms with Crippen molar-refractivity contribution in [2.24, 2.45) is 0 Å². The van der Waals surface area contributed by atoms with Crippen LogP contribution in [0.3, 0.4) is 0 Å². The lowest BCUT2D eigenvalue weighted by atomic mass is 10.0. The molecule has 0 bridgehead atoms. The molecule has 0 aliphatic rings. The van der Waals surface area contributed by atoms with Gasteiger partial charge in [0.05, 0.1) is 16.5 Å². The van der Waals surface area contributed by atoms with Crippen molar-refractivity contribution >= 4 is 38.6 Å². The molecular formula is C33H23ClF2N4O4S. The molecule has 3 aromatic carbocycles. The third-order valence-electron chi connectivity index (χ3n) is 7.17. The van der Waals surface area contributed by atoms with E-state index in [0.29, 0.717) is 32.7 Å². The van der Waals surface area contributed by atoms with Crippen molar-refractivity contribution in [3.05, 3.63) is 153 Å². The largest absolute Gasteiger partial charge is 0.348 e. The second-order valence-corrected chi connectivity index (χ2v) is 12.4. The number of aromatic nitrogens is 3. The molecule has 226 valence electrons. The Morgan fingerprint density at radius 3 is 2.47 bits per heavy atom. The van der Waals surface area contributed by atoms with Crippen LogP contribution in [-0.4, -0.2) is 27.8 Å². The van der Waals surface area contributed by atoms with Crippen molar-refractivity contribution in [3.63, 3.8) is 0 Å². The number of benzene rings is 3. The van der Waals surface area contributed by atoms with Gasteiger partial charge in [0.15, 0.2) is 17.3 Å². The summed E-state index contributed by atoms with van der Waals surface area (Å²) in [7, 11) is -3.97. The Labute approximate surface area is 261 Å². The Hall–Kier alpha value is -5.13. The van der Waals surface area contributed by atoms with Gasteiger partial charge in [0.25, 0.3) is 21.5 Å². The molecule has 0 fully saturated rings. The summed E-state index contributed by atoms with van der Waals surface area (Å²) in [5.41, 5.74) is 1.76. The Morgan fingerprint density at radius 2 is 1.69 bits per heavy atom. The summed E-state index contributed by atoms with van der Waals surface area (Å²) in [6, 6.07) is 23.0. The molecule has 6 rings (SSSR count). The van der Waals surface area contributed by atoms with Crippen LogP contribution < -0.4 is 10.9 Å². The van der Waals surface area contributed by atoms with Crippen LogP contribution >= 0.6 is 11.6 Å². The molecule has 0 spiro atoms. The summed E-state index contributed by atoms with van der Waals surface area (Å²) in [5, 5.41) is 3.60. The van der Waals surface area contributed by atoms with Crippen LogP contribution in [0.4, 0.5) is 8.78 Å². The fourth-order valence-electron chi connectivity index (χ4n) is 4.97. The summed E-state index contributed by atoms with van der Waals surface area (Å²) in [6.45, 7) is 0.00973. The maximum Gasteiger partial charge on any atom is 0.269 e. The first kappa shape index (κ1) is 29.9. The standard InChI is InChI=1S/C33H23ClF2N4O4S/c34-24-16-27-28(20-40(31(27)37-18-24)45(43,44)25-8-2-1-3-9-25)23-7-4-6-21(14-23)17-38-32(41)26-10-5-13-39(33(26)42)19-22-11-12-29(35)30(36)15-22/h1-16,18,20H,17,19H2,(H,38,41). The Kier molecular flexibility index (Phi) is 8.05. The highest BCUT2D eigenvalue weighted by atomic mass is 35.5. The average Bonchev–Trinajstić information content (AvgIpc) is 3.43. The minimum atomic E-state index is -3.97. The van der Waals surface area contributed by atoms with Crippen LogP contribution in [0, 0.1) is 11.6 Å². The molecule has 6 aromatic rings. The van der Waals surface area contributed by atoms with Crippen molar-refractivity contribution in [1.29, 1.82) is 0 Å². The number of pyridine rings is 2. The number of fused-ring (bicyclic) bond motifs is 1. The molecule has 0 aliphatic carbocycles. The SMILES string of the molecule is O=C(NCc1cccc(-c2cn(S(=O)(=O)c3ccccc3)c3ncc(Cl)cc23)c1)c1cccn(Cc2ccc(F)c(F)c2)c1=O. The van der Waals surface area contributed by atoms with E-state index in [0.717, 1.165) is 16.1 Å². The molecule has 0 radical (unpaired) electrons. The number of nitrogens with one attached hydrogen (secondary N) is 1. The third kappa shape index (κ3) is 6.00. The molecule has 3 aromatic heterocycles. The number of rotatable bonds is 8. The van der Waals surface area contributed by atoms with E-state index in [9.17, 15) is 26.8 Å². The minimum absolute atomic E-state index is 0.0499. The van der Waals surface area contributed by atoms with Gasteiger partial charge >= 0.3 is 0 Å². The zero-order valence-electron chi connectivity index (χ0n) is 23.3. The van der Waals surface area contributed by atoms with E-state index in [4.69, 9.17) is 11.6 Å². The first-order valence-corrected chi connectivity index (χ1v) is 15.4. The zero-order chi connectivity index (χ0) is 31.7. The first-order valence-electron chi connectivity index (χ1n) is 13.6. The van der Waals surface area contributed by atoms with Crippen molar-refractivity contribution in [2.45, 2.75) is 18.0 Å². The van der Waals surface area contributed by atoms with E-state index in [1.807, 2.05) is 0 Å². The third-order valence-corrected chi connectivity index (χ3v) is 9.04. The molecule has 0 unspecified atom stereocenters. The van der Waals surface area contributed by atoms with E-state index in [-0.39, 0.29) is 29.2 Å². The number of halogens is 3. The van der Waals surface area contributed by atoms with Gasteiger partial charge in [-0.2, -0.15) is 0 Å². The molecule has 1 amide bonds. The van der Waals surface area contributed by atoms with Crippen LogP contribution in [0.25, 0.3) is 22.2 Å². The van der Waals surface area contributed by atoms with E-state index in [2.05, 4.69) is 10.3 Å². The van der Waals surface area contributed by atoms with E-state index < -0.39 is 33.1 Å². The second kappa shape index (κ2) is 12.1. The second-order valence-electron chi connectivity index (χ2n) is 10.2. The first-order chi connectivity index (χ1) is 21.6. The number of carbonyl (C=O) groups is 1. The van der Waals surface area contributed by atoms with E-state index >= 15 is 0 Å². The minimum Gasteiger partial charge on any atom is -0.348 e. The quantitative estimate of drug-likeness (QED) is 0.219. The maximum absolute atomic E-state index is 13.6. The summed E-state index contributed by atoms with van der Waals surface area (Å²) in [4.78, 5) is 30.5. The number of carbonyl (C=O) groups excluding carboxylic acids is 1. The van der Waals surface area contributed by atoms with Gasteiger partial charge in [0.2, 0.25) is 0 Å². The lowest BCUT2D eigenvalue weighted by molar-refractivity contribution is 0.0948. The Bertz CT molecular complexity index is 2250. The van der Waals surface area contributed by atoms with Crippen LogP contribution in [0.5, 0.6) is 0 Å². The molecule has 12 heteroatoms. The lowest BCUT2D eigenvalue weighted by Gasteiger charge is -2.10. The highest BCUT2D eigenvalue weighted by molar-refractivity contribution is 7.90. The average molecular weight is 645 g/mol. The molecular weight excluding hydrogens is 622 g/mol. The monoisotopic (exact) mass is 644 g/mol. The number of hydrogen-bond donors (Lipinski definition) is 1. The maximum atomic E-state index is 13.6. The summed E-state index contributed by atoms with van der Waals surface area (Å²) < 4.78 is 56.3. The van der Waals surface area contributed by atoms with Gasteiger partial charge < -0.3 is 9.88 Å². The molecule has 8 nitrogen and oxygen atoms in total. The van der Waals surface area contributed by atoms with Gasteiger partial charge in [0.1, 0.15) is 5.56 Å². The molecule has 0 atom stereocenters. The van der Waals surface area contributed by atoms with Crippen LogP contribution in [0.15, 0.2) is 119 Å².